The second-order valence-corrected chi connectivity index (χ2v) is 2.69. The van der Waals surface area contributed by atoms with E-state index in [9.17, 15) is 4.79 Å². The molecule has 13 heavy (non-hydrogen) atoms. The average molecular weight is 180 g/mol. The third kappa shape index (κ3) is 3.60. The lowest BCUT2D eigenvalue weighted by atomic mass is 10.3. The highest BCUT2D eigenvalue weighted by Gasteiger charge is 1.99. The minimum atomic E-state index is -0.281. The number of hydrogen-bond donors (Lipinski definition) is 0. The van der Waals surface area contributed by atoms with Crippen LogP contribution in [0.2, 0.25) is 0 Å². The molecule has 0 unspecified atom stereocenters. The summed E-state index contributed by atoms with van der Waals surface area (Å²) in [6, 6.07) is 3.63. The van der Waals surface area contributed by atoms with Gasteiger partial charge in [-0.15, -0.1) is 0 Å². The largest absolute Gasteiger partial charge is 0.465 e. The SMILES string of the molecule is CC(=O)O[C@@H](C)/C=C/c1ccco1. The quantitative estimate of drug-likeness (QED) is 0.669. The molecule has 1 aromatic rings. The highest BCUT2D eigenvalue weighted by molar-refractivity contribution is 5.66. The summed E-state index contributed by atoms with van der Waals surface area (Å²) < 4.78 is 9.94. The first-order valence-electron chi connectivity index (χ1n) is 4.07. The van der Waals surface area contributed by atoms with Crippen molar-refractivity contribution in [2.45, 2.75) is 20.0 Å². The van der Waals surface area contributed by atoms with Crippen LogP contribution in [0.3, 0.4) is 0 Å². The van der Waals surface area contributed by atoms with Gasteiger partial charge in [0, 0.05) is 6.92 Å². The summed E-state index contributed by atoms with van der Waals surface area (Å²) in [6.07, 6.45) is 4.91. The Hall–Kier alpha value is -1.51. The Morgan fingerprint density at radius 1 is 1.69 bits per heavy atom. The van der Waals surface area contributed by atoms with Crippen LogP contribution >= 0.6 is 0 Å². The van der Waals surface area contributed by atoms with Crippen molar-refractivity contribution in [1.29, 1.82) is 0 Å². The Balaban J connectivity index is 2.44. The van der Waals surface area contributed by atoms with Crippen LogP contribution < -0.4 is 0 Å². The molecule has 0 aliphatic rings. The van der Waals surface area contributed by atoms with E-state index in [1.165, 1.54) is 6.92 Å². The first-order chi connectivity index (χ1) is 6.18. The third-order valence-corrected chi connectivity index (χ3v) is 1.43. The van der Waals surface area contributed by atoms with E-state index in [1.54, 1.807) is 31.4 Å². The molecule has 1 heterocycles. The molecule has 0 aromatic carbocycles. The van der Waals surface area contributed by atoms with Gasteiger partial charge >= 0.3 is 5.97 Å². The summed E-state index contributed by atoms with van der Waals surface area (Å²) in [6.45, 7) is 3.18. The number of esters is 1. The van der Waals surface area contributed by atoms with Gasteiger partial charge in [0.15, 0.2) is 0 Å². The standard InChI is InChI=1S/C10H12O3/c1-8(13-9(2)11)5-6-10-4-3-7-12-10/h3-8H,1-2H3/b6-5+/t8-/m0/s1. The molecule has 0 saturated carbocycles. The van der Waals surface area contributed by atoms with Crippen molar-refractivity contribution in [1.82, 2.24) is 0 Å². The van der Waals surface area contributed by atoms with Crippen LogP contribution in [-0.2, 0) is 9.53 Å². The molecule has 70 valence electrons. The average Bonchev–Trinajstić information content (AvgIpc) is 2.51. The normalized spacial score (nSPS) is 13.1. The lowest BCUT2D eigenvalue weighted by molar-refractivity contribution is -0.143. The van der Waals surface area contributed by atoms with Crippen LogP contribution in [0.1, 0.15) is 19.6 Å². The fourth-order valence-corrected chi connectivity index (χ4v) is 0.918. The summed E-state index contributed by atoms with van der Waals surface area (Å²) in [4.78, 5) is 10.5. The van der Waals surface area contributed by atoms with E-state index in [-0.39, 0.29) is 12.1 Å². The van der Waals surface area contributed by atoms with Crippen molar-refractivity contribution in [2.24, 2.45) is 0 Å². The van der Waals surface area contributed by atoms with Gasteiger partial charge in [0.1, 0.15) is 11.9 Å². The molecule has 3 nitrogen and oxygen atoms in total. The predicted molar refractivity (Wildman–Crippen MR) is 49.0 cm³/mol. The highest BCUT2D eigenvalue weighted by atomic mass is 16.5. The second-order valence-electron chi connectivity index (χ2n) is 2.69. The zero-order valence-corrected chi connectivity index (χ0v) is 7.69. The van der Waals surface area contributed by atoms with Crippen molar-refractivity contribution < 1.29 is 13.9 Å². The molecule has 1 aromatic heterocycles. The van der Waals surface area contributed by atoms with Gasteiger partial charge in [-0.1, -0.05) is 0 Å². The van der Waals surface area contributed by atoms with Gasteiger partial charge in [-0.3, -0.25) is 4.79 Å². The minimum Gasteiger partial charge on any atom is -0.465 e. The number of carbonyl (C=O) groups is 1. The van der Waals surface area contributed by atoms with Crippen LogP contribution in [0.15, 0.2) is 28.9 Å². The number of furan rings is 1. The monoisotopic (exact) mass is 180 g/mol. The minimum absolute atomic E-state index is 0.220. The van der Waals surface area contributed by atoms with Crippen LogP contribution in [0.5, 0.6) is 0 Å². The van der Waals surface area contributed by atoms with Crippen molar-refractivity contribution in [3.05, 3.63) is 30.2 Å². The molecular weight excluding hydrogens is 168 g/mol. The molecular formula is C10H12O3. The van der Waals surface area contributed by atoms with Crippen molar-refractivity contribution >= 4 is 12.0 Å². The molecule has 0 amide bonds. The Bertz CT molecular complexity index is 285. The lowest BCUT2D eigenvalue weighted by Crippen LogP contribution is -2.08. The molecule has 0 fully saturated rings. The van der Waals surface area contributed by atoms with Gasteiger partial charge in [-0.25, -0.2) is 0 Å². The zero-order valence-electron chi connectivity index (χ0n) is 7.69. The van der Waals surface area contributed by atoms with E-state index in [0.29, 0.717) is 0 Å². The maximum atomic E-state index is 10.5. The summed E-state index contributed by atoms with van der Waals surface area (Å²) in [7, 11) is 0. The fraction of sp³-hybridized carbons (Fsp3) is 0.300. The topological polar surface area (TPSA) is 39.4 Å². The van der Waals surface area contributed by atoms with E-state index < -0.39 is 0 Å². The number of ether oxygens (including phenoxy) is 1. The van der Waals surface area contributed by atoms with E-state index in [0.717, 1.165) is 5.76 Å². The molecule has 0 saturated heterocycles. The molecule has 0 radical (unpaired) electrons. The molecule has 0 aliphatic heterocycles. The smallest absolute Gasteiger partial charge is 0.303 e. The van der Waals surface area contributed by atoms with E-state index >= 15 is 0 Å². The molecule has 3 heteroatoms. The van der Waals surface area contributed by atoms with Crippen LogP contribution in [-0.4, -0.2) is 12.1 Å². The van der Waals surface area contributed by atoms with E-state index in [4.69, 9.17) is 9.15 Å². The number of hydrogen-bond acceptors (Lipinski definition) is 3. The van der Waals surface area contributed by atoms with Gasteiger partial charge in [0.2, 0.25) is 0 Å². The van der Waals surface area contributed by atoms with E-state index in [2.05, 4.69) is 0 Å². The summed E-state index contributed by atoms with van der Waals surface area (Å²) in [5.74, 6) is 0.468. The van der Waals surface area contributed by atoms with Crippen LogP contribution in [0.25, 0.3) is 6.08 Å². The molecule has 1 rings (SSSR count). The molecule has 1 atom stereocenters. The Morgan fingerprint density at radius 3 is 3.00 bits per heavy atom. The van der Waals surface area contributed by atoms with Gasteiger partial charge in [-0.05, 0) is 31.2 Å². The maximum absolute atomic E-state index is 10.5. The molecule has 0 spiro atoms. The number of carbonyl (C=O) groups excluding carboxylic acids is 1. The number of rotatable bonds is 3. The summed E-state index contributed by atoms with van der Waals surface area (Å²) >= 11 is 0. The van der Waals surface area contributed by atoms with Crippen LogP contribution in [0, 0.1) is 0 Å². The van der Waals surface area contributed by atoms with Gasteiger partial charge < -0.3 is 9.15 Å². The van der Waals surface area contributed by atoms with Crippen LogP contribution in [0.4, 0.5) is 0 Å². The predicted octanol–water partition coefficient (Wildman–Crippen LogP) is 2.24. The third-order valence-electron chi connectivity index (χ3n) is 1.43. The molecule has 0 N–H and O–H groups in total. The Kier molecular flexibility index (Phi) is 3.31. The maximum Gasteiger partial charge on any atom is 0.303 e. The Labute approximate surface area is 77.0 Å². The van der Waals surface area contributed by atoms with Gasteiger partial charge in [0.05, 0.1) is 6.26 Å². The zero-order chi connectivity index (χ0) is 9.68. The van der Waals surface area contributed by atoms with Gasteiger partial charge in [-0.2, -0.15) is 0 Å². The van der Waals surface area contributed by atoms with Crippen molar-refractivity contribution in [3.63, 3.8) is 0 Å². The first kappa shape index (κ1) is 9.58. The summed E-state index contributed by atoms with van der Waals surface area (Å²) in [5, 5.41) is 0. The lowest BCUT2D eigenvalue weighted by Gasteiger charge is -2.04. The molecule has 0 aliphatic carbocycles. The first-order valence-corrected chi connectivity index (χ1v) is 4.07. The fourth-order valence-electron chi connectivity index (χ4n) is 0.918. The molecule has 0 bridgehead atoms. The van der Waals surface area contributed by atoms with Crippen molar-refractivity contribution in [2.75, 3.05) is 0 Å². The highest BCUT2D eigenvalue weighted by Crippen LogP contribution is 2.04. The van der Waals surface area contributed by atoms with Crippen molar-refractivity contribution in [3.8, 4) is 0 Å². The van der Waals surface area contributed by atoms with E-state index in [1.807, 2.05) is 6.07 Å². The van der Waals surface area contributed by atoms with Gasteiger partial charge in [0.25, 0.3) is 0 Å². The Morgan fingerprint density at radius 2 is 2.46 bits per heavy atom. The second kappa shape index (κ2) is 4.50. The summed E-state index contributed by atoms with van der Waals surface area (Å²) in [5.41, 5.74) is 0.